The van der Waals surface area contributed by atoms with Gasteiger partial charge in [0.25, 0.3) is 5.96 Å². The van der Waals surface area contributed by atoms with Crippen LogP contribution in [-0.2, 0) is 11.3 Å². The predicted octanol–water partition coefficient (Wildman–Crippen LogP) is 1.25. The van der Waals surface area contributed by atoms with E-state index in [1.807, 2.05) is 0 Å². The van der Waals surface area contributed by atoms with Crippen molar-refractivity contribution in [1.82, 2.24) is 14.8 Å². The number of amides is 1. The lowest BCUT2D eigenvalue weighted by molar-refractivity contribution is -0.486. The van der Waals surface area contributed by atoms with Gasteiger partial charge in [0.1, 0.15) is 5.10 Å². The van der Waals surface area contributed by atoms with Gasteiger partial charge in [0.2, 0.25) is 5.91 Å². The molecular weight excluding hydrogens is 294 g/mol. The summed E-state index contributed by atoms with van der Waals surface area (Å²) in [4.78, 5) is 29.3. The van der Waals surface area contributed by atoms with Crippen LogP contribution < -0.4 is 0 Å². The van der Waals surface area contributed by atoms with E-state index < -0.39 is 5.03 Å². The summed E-state index contributed by atoms with van der Waals surface area (Å²) < 4.78 is 0.344. The number of aromatic nitrogens is 1. The van der Waals surface area contributed by atoms with E-state index in [9.17, 15) is 14.9 Å². The number of carbonyl (C=O) groups is 1. The van der Waals surface area contributed by atoms with E-state index in [1.165, 1.54) is 34.3 Å². The van der Waals surface area contributed by atoms with Gasteiger partial charge in [-0.15, -0.1) is 11.3 Å². The second kappa shape index (κ2) is 6.43. The molecule has 0 unspecified atom stereocenters. The normalized spacial score (nSPS) is 11.3. The van der Waals surface area contributed by atoms with E-state index in [1.54, 1.807) is 14.1 Å². The SMILES string of the molecule is CC(=O)N(Cc1cnc(Cl)s1)/C(=N/[N+](=O)[O-])N(C)C. The summed E-state index contributed by atoms with van der Waals surface area (Å²) >= 11 is 6.90. The summed E-state index contributed by atoms with van der Waals surface area (Å²) in [5.41, 5.74) is 0. The standard InChI is InChI=1S/C9H12ClN5O3S/c1-6(16)14(5-7-4-11-8(10)19-7)9(13(2)3)12-15(17)18/h4H,5H2,1-3H3/b12-9+. The molecule has 0 bridgehead atoms. The van der Waals surface area contributed by atoms with Crippen LogP contribution in [0.2, 0.25) is 4.47 Å². The van der Waals surface area contributed by atoms with E-state index >= 15 is 0 Å². The third kappa shape index (κ3) is 4.45. The molecule has 0 aliphatic rings. The molecule has 0 atom stereocenters. The Morgan fingerprint density at radius 2 is 2.26 bits per heavy atom. The summed E-state index contributed by atoms with van der Waals surface area (Å²) in [5.74, 6) is -0.416. The van der Waals surface area contributed by atoms with Crippen LogP contribution in [0.4, 0.5) is 0 Å². The molecule has 8 nitrogen and oxygen atoms in total. The number of thiazole rings is 1. The highest BCUT2D eigenvalue weighted by Gasteiger charge is 2.22. The van der Waals surface area contributed by atoms with Gasteiger partial charge in [-0.25, -0.2) is 15.1 Å². The van der Waals surface area contributed by atoms with Crippen LogP contribution in [-0.4, -0.2) is 45.8 Å². The van der Waals surface area contributed by atoms with Crippen molar-refractivity contribution in [3.8, 4) is 0 Å². The minimum Gasteiger partial charge on any atom is -0.343 e. The van der Waals surface area contributed by atoms with Crippen molar-refractivity contribution in [2.45, 2.75) is 13.5 Å². The van der Waals surface area contributed by atoms with Crippen LogP contribution in [0.25, 0.3) is 0 Å². The van der Waals surface area contributed by atoms with Gasteiger partial charge in [-0.1, -0.05) is 11.6 Å². The fourth-order valence-corrected chi connectivity index (χ4v) is 2.26. The maximum atomic E-state index is 11.6. The minimum atomic E-state index is -0.842. The highest BCUT2D eigenvalue weighted by molar-refractivity contribution is 7.15. The van der Waals surface area contributed by atoms with Crippen molar-refractivity contribution in [2.24, 2.45) is 5.10 Å². The second-order valence-electron chi connectivity index (χ2n) is 3.72. The Labute approximate surface area is 118 Å². The fraction of sp³-hybridized carbons (Fsp3) is 0.444. The van der Waals surface area contributed by atoms with Crippen LogP contribution >= 0.6 is 22.9 Å². The number of carbonyl (C=O) groups excluding carboxylic acids is 1. The van der Waals surface area contributed by atoms with E-state index in [4.69, 9.17) is 11.6 Å². The molecule has 1 amide bonds. The average Bonchev–Trinajstić information content (AvgIpc) is 2.68. The van der Waals surface area contributed by atoms with Crippen molar-refractivity contribution < 1.29 is 9.83 Å². The van der Waals surface area contributed by atoms with Gasteiger partial charge in [0.15, 0.2) is 9.50 Å². The van der Waals surface area contributed by atoms with Gasteiger partial charge < -0.3 is 4.90 Å². The maximum Gasteiger partial charge on any atom is 0.280 e. The summed E-state index contributed by atoms with van der Waals surface area (Å²) in [7, 11) is 3.13. The highest BCUT2D eigenvalue weighted by Crippen LogP contribution is 2.19. The molecule has 0 N–H and O–H groups in total. The van der Waals surface area contributed by atoms with Gasteiger partial charge in [-0.05, 0) is 0 Å². The quantitative estimate of drug-likeness (QED) is 0.363. The molecule has 1 heterocycles. The molecule has 104 valence electrons. The first-order valence-corrected chi connectivity index (χ1v) is 6.29. The van der Waals surface area contributed by atoms with Crippen LogP contribution in [0.5, 0.6) is 0 Å². The van der Waals surface area contributed by atoms with E-state index in [-0.39, 0.29) is 18.4 Å². The zero-order valence-electron chi connectivity index (χ0n) is 10.5. The molecule has 19 heavy (non-hydrogen) atoms. The minimum absolute atomic E-state index is 0.0537. The van der Waals surface area contributed by atoms with E-state index in [0.717, 1.165) is 0 Å². The molecule has 10 heteroatoms. The van der Waals surface area contributed by atoms with Crippen molar-refractivity contribution in [2.75, 3.05) is 14.1 Å². The number of rotatable bonds is 3. The second-order valence-corrected chi connectivity index (χ2v) is 5.41. The van der Waals surface area contributed by atoms with E-state index in [2.05, 4.69) is 10.1 Å². The Morgan fingerprint density at radius 3 is 2.63 bits per heavy atom. The van der Waals surface area contributed by atoms with Crippen molar-refractivity contribution in [1.29, 1.82) is 0 Å². The summed E-state index contributed by atoms with van der Waals surface area (Å²) in [6.45, 7) is 1.44. The molecule has 0 spiro atoms. The van der Waals surface area contributed by atoms with Crippen molar-refractivity contribution >= 4 is 34.8 Å². The number of guanidine groups is 1. The Balaban J connectivity index is 3.04. The first kappa shape index (κ1) is 15.3. The molecular formula is C9H12ClN5O3S. The third-order valence-corrected chi connectivity index (χ3v) is 3.13. The third-order valence-electron chi connectivity index (χ3n) is 2.03. The fourth-order valence-electron chi connectivity index (χ4n) is 1.29. The predicted molar refractivity (Wildman–Crippen MR) is 71.5 cm³/mol. The molecule has 1 rings (SSSR count). The number of halogens is 1. The number of hydrogen-bond donors (Lipinski definition) is 0. The monoisotopic (exact) mass is 305 g/mol. The first-order valence-electron chi connectivity index (χ1n) is 5.10. The highest BCUT2D eigenvalue weighted by atomic mass is 35.5. The number of hydrogen-bond acceptors (Lipinski definition) is 5. The number of hydrazone groups is 1. The van der Waals surface area contributed by atoms with Crippen molar-refractivity contribution in [3.63, 3.8) is 0 Å². The Kier molecular flexibility index (Phi) is 5.19. The average molecular weight is 306 g/mol. The first-order chi connectivity index (χ1) is 8.81. The molecule has 0 saturated heterocycles. The molecule has 0 saturated carbocycles. The van der Waals surface area contributed by atoms with Crippen LogP contribution in [0.1, 0.15) is 11.8 Å². The summed E-state index contributed by atoms with van der Waals surface area (Å²) in [5, 5.41) is 12.9. The Hall–Kier alpha value is -1.74. The van der Waals surface area contributed by atoms with Gasteiger partial charge >= 0.3 is 0 Å². The topological polar surface area (TPSA) is 91.9 Å². The largest absolute Gasteiger partial charge is 0.343 e. The lowest BCUT2D eigenvalue weighted by Gasteiger charge is -2.24. The molecule has 0 aromatic carbocycles. The lowest BCUT2D eigenvalue weighted by Crippen LogP contribution is -2.43. The molecule has 0 radical (unpaired) electrons. The smallest absolute Gasteiger partial charge is 0.280 e. The molecule has 0 fully saturated rings. The summed E-state index contributed by atoms with van der Waals surface area (Å²) in [6.07, 6.45) is 1.52. The van der Waals surface area contributed by atoms with Crippen molar-refractivity contribution in [3.05, 3.63) is 25.7 Å². The molecule has 0 aliphatic heterocycles. The van der Waals surface area contributed by atoms with Gasteiger partial charge in [0.05, 0.1) is 6.54 Å². The zero-order chi connectivity index (χ0) is 14.6. The van der Waals surface area contributed by atoms with Gasteiger partial charge in [-0.3, -0.25) is 9.69 Å². The number of nitro groups is 1. The van der Waals surface area contributed by atoms with Crippen LogP contribution in [0.3, 0.4) is 0 Å². The molecule has 1 aromatic heterocycles. The van der Waals surface area contributed by atoms with Gasteiger partial charge in [-0.2, -0.15) is 0 Å². The zero-order valence-corrected chi connectivity index (χ0v) is 12.1. The Bertz CT molecular complexity index is 516. The van der Waals surface area contributed by atoms with E-state index in [0.29, 0.717) is 9.34 Å². The number of nitrogens with zero attached hydrogens (tertiary/aromatic N) is 5. The molecule has 0 aliphatic carbocycles. The molecule has 1 aromatic rings. The van der Waals surface area contributed by atoms with Gasteiger partial charge in [0, 0.05) is 32.1 Å². The summed E-state index contributed by atoms with van der Waals surface area (Å²) in [6, 6.07) is 0. The Morgan fingerprint density at radius 1 is 1.63 bits per heavy atom. The lowest BCUT2D eigenvalue weighted by atomic mass is 10.4. The maximum absolute atomic E-state index is 11.6. The van der Waals surface area contributed by atoms with Crippen LogP contribution in [0.15, 0.2) is 11.3 Å². The van der Waals surface area contributed by atoms with Crippen LogP contribution in [0, 0.1) is 10.1 Å².